The van der Waals surface area contributed by atoms with Gasteiger partial charge in [-0.3, -0.25) is 0 Å². The highest BCUT2D eigenvalue weighted by Crippen LogP contribution is 2.41. The van der Waals surface area contributed by atoms with E-state index in [-0.39, 0.29) is 5.38 Å². The van der Waals surface area contributed by atoms with Crippen molar-refractivity contribution < 1.29 is 0 Å². The van der Waals surface area contributed by atoms with Gasteiger partial charge < -0.3 is 4.57 Å². The molecule has 3 rings (SSSR count). The van der Waals surface area contributed by atoms with Gasteiger partial charge in [-0.2, -0.15) is 11.8 Å². The van der Waals surface area contributed by atoms with E-state index in [2.05, 4.69) is 10.8 Å². The summed E-state index contributed by atoms with van der Waals surface area (Å²) in [4.78, 5) is 4.75. The van der Waals surface area contributed by atoms with Crippen LogP contribution in [0.15, 0.2) is 18.2 Å². The van der Waals surface area contributed by atoms with E-state index in [9.17, 15) is 0 Å². The van der Waals surface area contributed by atoms with Crippen LogP contribution >= 0.6 is 35.0 Å². The first-order valence-electron chi connectivity index (χ1n) is 7.46. The van der Waals surface area contributed by atoms with Crippen LogP contribution in [0.4, 0.5) is 0 Å². The number of hydrogen-bond donors (Lipinski definition) is 0. The molecule has 0 amide bonds. The Morgan fingerprint density at radius 2 is 2.10 bits per heavy atom. The number of alkyl halides is 1. The lowest BCUT2D eigenvalue weighted by Gasteiger charge is -2.33. The Morgan fingerprint density at radius 3 is 2.81 bits per heavy atom. The third-order valence-corrected chi connectivity index (χ3v) is 6.00. The smallest absolute Gasteiger partial charge is 0.128 e. The zero-order valence-corrected chi connectivity index (χ0v) is 14.7. The summed E-state index contributed by atoms with van der Waals surface area (Å²) in [6.07, 6.45) is 7.22. The summed E-state index contributed by atoms with van der Waals surface area (Å²) in [6, 6.07) is 6.37. The van der Waals surface area contributed by atoms with Crippen LogP contribution in [-0.2, 0) is 0 Å². The first kappa shape index (κ1) is 15.5. The maximum absolute atomic E-state index is 6.48. The SMILES string of the molecule is CSC1CCCCC1n1c(C(C)Cl)nc2cccc(Cl)c21. The molecule has 3 atom stereocenters. The van der Waals surface area contributed by atoms with Gasteiger partial charge in [-0.05, 0) is 38.2 Å². The average molecular weight is 343 g/mol. The number of para-hydroxylation sites is 1. The van der Waals surface area contributed by atoms with Gasteiger partial charge >= 0.3 is 0 Å². The zero-order valence-electron chi connectivity index (χ0n) is 12.4. The fraction of sp³-hybridized carbons (Fsp3) is 0.562. The highest BCUT2D eigenvalue weighted by Gasteiger charge is 2.30. The number of thioether (sulfide) groups is 1. The molecule has 2 aromatic rings. The fourth-order valence-corrected chi connectivity index (χ4v) is 4.78. The Balaban J connectivity index is 2.21. The number of hydrogen-bond acceptors (Lipinski definition) is 2. The first-order valence-corrected chi connectivity index (χ1v) is 9.57. The second-order valence-corrected chi connectivity index (χ2v) is 7.83. The highest BCUT2D eigenvalue weighted by molar-refractivity contribution is 7.99. The molecule has 1 heterocycles. The molecule has 21 heavy (non-hydrogen) atoms. The van der Waals surface area contributed by atoms with Crippen molar-refractivity contribution in [2.45, 2.75) is 49.3 Å². The topological polar surface area (TPSA) is 17.8 Å². The van der Waals surface area contributed by atoms with Crippen molar-refractivity contribution in [3.05, 3.63) is 29.0 Å². The number of halogens is 2. The van der Waals surface area contributed by atoms with Crippen molar-refractivity contribution >= 4 is 46.0 Å². The third kappa shape index (κ3) is 2.80. The summed E-state index contributed by atoms with van der Waals surface area (Å²) in [5.41, 5.74) is 2.00. The molecule has 1 aliphatic carbocycles. The zero-order chi connectivity index (χ0) is 15.0. The molecule has 114 valence electrons. The summed E-state index contributed by atoms with van der Waals surface area (Å²) < 4.78 is 2.33. The van der Waals surface area contributed by atoms with Gasteiger partial charge in [0.15, 0.2) is 0 Å². The van der Waals surface area contributed by atoms with Crippen LogP contribution in [0, 0.1) is 0 Å². The molecule has 0 bridgehead atoms. The molecule has 0 aliphatic heterocycles. The van der Waals surface area contributed by atoms with Gasteiger partial charge in [0, 0.05) is 11.3 Å². The Hall–Kier alpha value is -0.380. The van der Waals surface area contributed by atoms with Crippen LogP contribution in [-0.4, -0.2) is 21.1 Å². The number of benzene rings is 1. The van der Waals surface area contributed by atoms with E-state index in [4.69, 9.17) is 28.2 Å². The molecule has 0 spiro atoms. The maximum Gasteiger partial charge on any atom is 0.128 e. The van der Waals surface area contributed by atoms with Crippen molar-refractivity contribution in [1.82, 2.24) is 9.55 Å². The Morgan fingerprint density at radius 1 is 1.33 bits per heavy atom. The molecule has 0 N–H and O–H groups in total. The van der Waals surface area contributed by atoms with E-state index in [1.54, 1.807) is 0 Å². The summed E-state index contributed by atoms with van der Waals surface area (Å²) in [7, 11) is 0. The normalized spacial score (nSPS) is 24.4. The second kappa shape index (κ2) is 6.39. The van der Waals surface area contributed by atoms with Crippen molar-refractivity contribution in [3.63, 3.8) is 0 Å². The van der Waals surface area contributed by atoms with E-state index in [0.29, 0.717) is 11.3 Å². The molecule has 1 aromatic heterocycles. The lowest BCUT2D eigenvalue weighted by Crippen LogP contribution is -2.26. The second-order valence-electron chi connectivity index (χ2n) is 5.69. The Bertz CT molecular complexity index is 638. The number of aromatic nitrogens is 2. The van der Waals surface area contributed by atoms with Crippen LogP contribution in [0.25, 0.3) is 11.0 Å². The standard InChI is InChI=1S/C16H20Cl2N2S/c1-10(17)16-19-12-7-5-6-11(18)15(12)20(16)13-8-3-4-9-14(13)21-2/h5-7,10,13-14H,3-4,8-9H2,1-2H3. The molecular formula is C16H20Cl2N2S. The van der Waals surface area contributed by atoms with Crippen molar-refractivity contribution in [2.75, 3.05) is 6.26 Å². The first-order chi connectivity index (χ1) is 10.1. The van der Waals surface area contributed by atoms with E-state index in [1.807, 2.05) is 36.9 Å². The van der Waals surface area contributed by atoms with Crippen molar-refractivity contribution in [1.29, 1.82) is 0 Å². The molecule has 5 heteroatoms. The van der Waals surface area contributed by atoms with E-state index in [1.165, 1.54) is 25.7 Å². The van der Waals surface area contributed by atoms with Gasteiger partial charge in [0.2, 0.25) is 0 Å². The summed E-state index contributed by atoms with van der Waals surface area (Å²) in [5.74, 6) is 0.950. The van der Waals surface area contributed by atoms with Gasteiger partial charge in [-0.1, -0.05) is 30.5 Å². The molecule has 0 radical (unpaired) electrons. The van der Waals surface area contributed by atoms with Crippen LogP contribution in [0.2, 0.25) is 5.02 Å². The predicted octanol–water partition coefficient (Wildman–Crippen LogP) is 5.84. The Kier molecular flexibility index (Phi) is 4.72. The Labute approximate surface area is 140 Å². The summed E-state index contributed by atoms with van der Waals surface area (Å²) >= 11 is 14.8. The van der Waals surface area contributed by atoms with Crippen LogP contribution in [0.5, 0.6) is 0 Å². The number of imidazole rings is 1. The van der Waals surface area contributed by atoms with E-state index < -0.39 is 0 Å². The average Bonchev–Trinajstić information content (AvgIpc) is 2.88. The molecule has 0 saturated heterocycles. The maximum atomic E-state index is 6.48. The van der Waals surface area contributed by atoms with Gasteiger partial charge in [0.1, 0.15) is 5.82 Å². The van der Waals surface area contributed by atoms with Crippen molar-refractivity contribution in [3.8, 4) is 0 Å². The van der Waals surface area contributed by atoms with Gasteiger partial charge in [-0.15, -0.1) is 11.6 Å². The monoisotopic (exact) mass is 342 g/mol. The summed E-state index contributed by atoms with van der Waals surface area (Å²) in [6.45, 7) is 1.99. The fourth-order valence-electron chi connectivity index (χ4n) is 3.39. The molecular weight excluding hydrogens is 323 g/mol. The minimum atomic E-state index is -0.113. The van der Waals surface area contributed by atoms with E-state index >= 15 is 0 Å². The predicted molar refractivity (Wildman–Crippen MR) is 93.8 cm³/mol. The molecule has 1 saturated carbocycles. The number of fused-ring (bicyclic) bond motifs is 1. The summed E-state index contributed by atoms with van der Waals surface area (Å²) in [5, 5.41) is 1.27. The molecule has 1 aliphatic rings. The van der Waals surface area contributed by atoms with Crippen LogP contribution in [0.3, 0.4) is 0 Å². The van der Waals surface area contributed by atoms with Gasteiger partial charge in [0.05, 0.1) is 21.4 Å². The van der Waals surface area contributed by atoms with Crippen molar-refractivity contribution in [2.24, 2.45) is 0 Å². The third-order valence-electron chi connectivity index (χ3n) is 4.35. The van der Waals surface area contributed by atoms with Crippen LogP contribution < -0.4 is 0 Å². The lowest BCUT2D eigenvalue weighted by atomic mass is 9.94. The lowest BCUT2D eigenvalue weighted by molar-refractivity contribution is 0.363. The van der Waals surface area contributed by atoms with Gasteiger partial charge in [0.25, 0.3) is 0 Å². The minimum absolute atomic E-state index is 0.113. The molecule has 1 fully saturated rings. The number of rotatable bonds is 3. The molecule has 2 nitrogen and oxygen atoms in total. The van der Waals surface area contributed by atoms with Crippen LogP contribution in [0.1, 0.15) is 49.9 Å². The molecule has 1 aromatic carbocycles. The largest absolute Gasteiger partial charge is 0.321 e. The minimum Gasteiger partial charge on any atom is -0.321 e. The van der Waals surface area contributed by atoms with E-state index in [0.717, 1.165) is 21.9 Å². The highest BCUT2D eigenvalue weighted by atomic mass is 35.5. The molecule has 3 unspecified atom stereocenters. The number of nitrogens with zero attached hydrogens (tertiary/aromatic N) is 2. The quantitative estimate of drug-likeness (QED) is 0.652. The van der Waals surface area contributed by atoms with Gasteiger partial charge in [-0.25, -0.2) is 4.98 Å².